The van der Waals surface area contributed by atoms with E-state index < -0.39 is 11.9 Å². The van der Waals surface area contributed by atoms with E-state index in [1.807, 2.05) is 30.3 Å². The number of anilines is 1. The van der Waals surface area contributed by atoms with Crippen molar-refractivity contribution in [1.82, 2.24) is 10.3 Å². The predicted molar refractivity (Wildman–Crippen MR) is 89.1 cm³/mol. The first kappa shape index (κ1) is 16.8. The molecule has 1 atom stereocenters. The number of carbonyl (C=O) groups excluding carboxylic acids is 2. The van der Waals surface area contributed by atoms with Gasteiger partial charge in [0, 0.05) is 12.7 Å². The van der Waals surface area contributed by atoms with Crippen LogP contribution in [0, 0.1) is 0 Å². The molecule has 0 spiro atoms. The standard InChI is InChI=1S/C16H17ClN4O2/c1-10(16(23)20-8-11-5-3-2-4-6-11)21-15-13(17)7-12(9-19-15)14(18)22/h2-7,9-10H,8H2,1H3,(H2,18,22)(H,19,21)(H,20,23)/t10-/m0/s1. The van der Waals surface area contributed by atoms with Crippen molar-refractivity contribution in [3.8, 4) is 0 Å². The number of primary amides is 1. The van der Waals surface area contributed by atoms with Gasteiger partial charge in [-0.3, -0.25) is 9.59 Å². The van der Waals surface area contributed by atoms with E-state index >= 15 is 0 Å². The first-order valence-electron chi connectivity index (χ1n) is 7.01. The van der Waals surface area contributed by atoms with Crippen LogP contribution in [0.4, 0.5) is 5.82 Å². The molecule has 1 aromatic heterocycles. The summed E-state index contributed by atoms with van der Waals surface area (Å²) in [5, 5.41) is 5.95. The van der Waals surface area contributed by atoms with Gasteiger partial charge in [0.2, 0.25) is 11.8 Å². The number of rotatable bonds is 6. The lowest BCUT2D eigenvalue weighted by Gasteiger charge is -2.15. The first-order valence-corrected chi connectivity index (χ1v) is 7.38. The Morgan fingerprint density at radius 3 is 2.61 bits per heavy atom. The zero-order chi connectivity index (χ0) is 16.8. The minimum atomic E-state index is -0.611. The highest BCUT2D eigenvalue weighted by Gasteiger charge is 2.15. The highest BCUT2D eigenvalue weighted by atomic mass is 35.5. The number of hydrogen-bond acceptors (Lipinski definition) is 4. The third-order valence-electron chi connectivity index (χ3n) is 3.18. The van der Waals surface area contributed by atoms with Crippen LogP contribution in [0.5, 0.6) is 0 Å². The summed E-state index contributed by atoms with van der Waals surface area (Å²) in [5.74, 6) is -0.482. The molecule has 2 aromatic rings. The fourth-order valence-electron chi connectivity index (χ4n) is 1.89. The highest BCUT2D eigenvalue weighted by molar-refractivity contribution is 6.33. The molecule has 6 nitrogen and oxygen atoms in total. The summed E-state index contributed by atoms with van der Waals surface area (Å²) in [5.41, 5.74) is 6.37. The Bertz CT molecular complexity index is 706. The Morgan fingerprint density at radius 1 is 1.30 bits per heavy atom. The molecule has 0 fully saturated rings. The number of carbonyl (C=O) groups is 2. The van der Waals surface area contributed by atoms with Gasteiger partial charge in [0.25, 0.3) is 0 Å². The van der Waals surface area contributed by atoms with Crippen LogP contribution in [0.25, 0.3) is 0 Å². The third-order valence-corrected chi connectivity index (χ3v) is 3.47. The smallest absolute Gasteiger partial charge is 0.250 e. The SMILES string of the molecule is C[C@H](Nc1ncc(C(N)=O)cc1Cl)C(=O)NCc1ccccc1. The van der Waals surface area contributed by atoms with Gasteiger partial charge in [0.05, 0.1) is 10.6 Å². The summed E-state index contributed by atoms with van der Waals surface area (Å²) < 4.78 is 0. The van der Waals surface area contributed by atoms with Crippen LogP contribution in [0.3, 0.4) is 0 Å². The van der Waals surface area contributed by atoms with Crippen molar-refractivity contribution >= 4 is 29.2 Å². The van der Waals surface area contributed by atoms with Crippen molar-refractivity contribution in [3.05, 3.63) is 58.7 Å². The quantitative estimate of drug-likeness (QED) is 0.753. The number of aromatic nitrogens is 1. The molecule has 4 N–H and O–H groups in total. The molecular formula is C16H17ClN4O2. The number of pyridine rings is 1. The lowest BCUT2D eigenvalue weighted by atomic mass is 10.2. The maximum absolute atomic E-state index is 12.1. The summed E-state index contributed by atoms with van der Waals surface area (Å²) in [7, 11) is 0. The topological polar surface area (TPSA) is 97.1 Å². The fraction of sp³-hybridized carbons (Fsp3) is 0.188. The molecule has 7 heteroatoms. The second-order valence-electron chi connectivity index (χ2n) is 4.99. The van der Waals surface area contributed by atoms with Crippen LogP contribution in [0.1, 0.15) is 22.8 Å². The van der Waals surface area contributed by atoms with Crippen LogP contribution >= 0.6 is 11.6 Å². The molecular weight excluding hydrogens is 316 g/mol. The largest absolute Gasteiger partial charge is 0.366 e. The fourth-order valence-corrected chi connectivity index (χ4v) is 2.11. The molecule has 120 valence electrons. The molecule has 1 aromatic carbocycles. The van der Waals surface area contributed by atoms with E-state index in [1.165, 1.54) is 12.3 Å². The summed E-state index contributed by atoms with van der Waals surface area (Å²) in [4.78, 5) is 27.2. The number of nitrogens with zero attached hydrogens (tertiary/aromatic N) is 1. The van der Waals surface area contributed by atoms with Gasteiger partial charge in [-0.15, -0.1) is 0 Å². The molecule has 2 amide bonds. The van der Waals surface area contributed by atoms with E-state index in [2.05, 4.69) is 15.6 Å². The van der Waals surface area contributed by atoms with Gasteiger partial charge in [-0.05, 0) is 18.6 Å². The first-order chi connectivity index (χ1) is 11.0. The maximum Gasteiger partial charge on any atom is 0.250 e. The number of halogens is 1. The second kappa shape index (κ2) is 7.60. The Labute approximate surface area is 139 Å². The molecule has 0 aliphatic rings. The van der Waals surface area contributed by atoms with Crippen molar-refractivity contribution in [2.24, 2.45) is 5.73 Å². The summed E-state index contributed by atoms with van der Waals surface area (Å²) >= 11 is 6.03. The van der Waals surface area contributed by atoms with Gasteiger partial charge < -0.3 is 16.4 Å². The monoisotopic (exact) mass is 332 g/mol. The van der Waals surface area contributed by atoms with Gasteiger partial charge in [0.1, 0.15) is 11.9 Å². The van der Waals surface area contributed by atoms with Gasteiger partial charge in [-0.1, -0.05) is 41.9 Å². The minimum absolute atomic E-state index is 0.189. The molecule has 0 unspecified atom stereocenters. The van der Waals surface area contributed by atoms with E-state index in [1.54, 1.807) is 6.92 Å². The highest BCUT2D eigenvalue weighted by Crippen LogP contribution is 2.20. The number of hydrogen-bond donors (Lipinski definition) is 3. The van der Waals surface area contributed by atoms with Gasteiger partial charge >= 0.3 is 0 Å². The normalized spacial score (nSPS) is 11.6. The molecule has 0 radical (unpaired) electrons. The number of nitrogens with one attached hydrogen (secondary N) is 2. The van der Waals surface area contributed by atoms with Crippen molar-refractivity contribution in [2.45, 2.75) is 19.5 Å². The molecule has 0 saturated heterocycles. The lowest BCUT2D eigenvalue weighted by molar-refractivity contribution is -0.121. The molecule has 0 saturated carbocycles. The molecule has 0 aliphatic heterocycles. The zero-order valence-corrected chi connectivity index (χ0v) is 13.3. The molecule has 2 rings (SSSR count). The Kier molecular flexibility index (Phi) is 5.54. The molecule has 0 aliphatic carbocycles. The molecule has 23 heavy (non-hydrogen) atoms. The van der Waals surface area contributed by atoms with Crippen LogP contribution in [-0.2, 0) is 11.3 Å². The van der Waals surface area contributed by atoms with Gasteiger partial charge in [-0.25, -0.2) is 4.98 Å². The summed E-state index contributed by atoms with van der Waals surface area (Å²) in [6, 6.07) is 10.5. The van der Waals surface area contributed by atoms with E-state index in [9.17, 15) is 9.59 Å². The second-order valence-corrected chi connectivity index (χ2v) is 5.40. The van der Waals surface area contributed by atoms with Gasteiger partial charge in [-0.2, -0.15) is 0 Å². The summed E-state index contributed by atoms with van der Waals surface area (Å²) in [6.45, 7) is 2.13. The zero-order valence-electron chi connectivity index (χ0n) is 12.5. The van der Waals surface area contributed by atoms with Crippen molar-refractivity contribution in [2.75, 3.05) is 5.32 Å². The average molecular weight is 333 g/mol. The Balaban J connectivity index is 1.94. The predicted octanol–water partition coefficient (Wildman–Crippen LogP) is 1.95. The number of amides is 2. The molecule has 0 bridgehead atoms. The Hall–Kier alpha value is -2.60. The maximum atomic E-state index is 12.1. The number of benzene rings is 1. The van der Waals surface area contributed by atoms with Crippen molar-refractivity contribution < 1.29 is 9.59 Å². The Morgan fingerprint density at radius 2 is 2.00 bits per heavy atom. The van der Waals surface area contributed by atoms with Gasteiger partial charge in [0.15, 0.2) is 0 Å². The molecule has 1 heterocycles. The van der Waals surface area contributed by atoms with Crippen LogP contribution in [0.2, 0.25) is 5.02 Å². The van der Waals surface area contributed by atoms with Crippen LogP contribution in [0.15, 0.2) is 42.6 Å². The van der Waals surface area contributed by atoms with E-state index in [0.29, 0.717) is 12.4 Å². The van der Waals surface area contributed by atoms with E-state index in [-0.39, 0.29) is 16.5 Å². The van der Waals surface area contributed by atoms with E-state index in [0.717, 1.165) is 5.56 Å². The minimum Gasteiger partial charge on any atom is -0.366 e. The average Bonchev–Trinajstić information content (AvgIpc) is 2.55. The lowest BCUT2D eigenvalue weighted by Crippen LogP contribution is -2.37. The van der Waals surface area contributed by atoms with Crippen molar-refractivity contribution in [1.29, 1.82) is 0 Å². The summed E-state index contributed by atoms with van der Waals surface area (Å²) in [6.07, 6.45) is 1.31. The van der Waals surface area contributed by atoms with Crippen molar-refractivity contribution in [3.63, 3.8) is 0 Å². The third kappa shape index (κ3) is 4.69. The van der Waals surface area contributed by atoms with E-state index in [4.69, 9.17) is 17.3 Å². The van der Waals surface area contributed by atoms with Crippen LogP contribution < -0.4 is 16.4 Å². The van der Waals surface area contributed by atoms with Crippen LogP contribution in [-0.4, -0.2) is 22.8 Å². The number of nitrogens with two attached hydrogens (primary N) is 1.